The van der Waals surface area contributed by atoms with Crippen LogP contribution in [0.1, 0.15) is 33.1 Å². The predicted octanol–water partition coefficient (Wildman–Crippen LogP) is 1.55. The van der Waals surface area contributed by atoms with Crippen LogP contribution in [0.2, 0.25) is 0 Å². The minimum absolute atomic E-state index is 0.292. The summed E-state index contributed by atoms with van der Waals surface area (Å²) >= 11 is 0. The maximum Gasteiger partial charge on any atom is 0.162 e. The van der Waals surface area contributed by atoms with Gasteiger partial charge in [0, 0.05) is 12.5 Å². The van der Waals surface area contributed by atoms with Crippen LogP contribution in [0.15, 0.2) is 0 Å². The second kappa shape index (κ2) is 4.94. The first-order valence-corrected chi connectivity index (χ1v) is 5.03. The molecule has 0 amide bonds. The molecule has 0 aromatic heterocycles. The van der Waals surface area contributed by atoms with Gasteiger partial charge in [-0.15, -0.1) is 0 Å². The Kier molecular flexibility index (Phi) is 4.16. The second-order valence-corrected chi connectivity index (χ2v) is 4.11. The van der Waals surface area contributed by atoms with E-state index in [1.807, 2.05) is 13.8 Å². The van der Waals surface area contributed by atoms with E-state index in [1.54, 1.807) is 0 Å². The van der Waals surface area contributed by atoms with Gasteiger partial charge < -0.3 is 14.6 Å². The third-order valence-corrected chi connectivity index (χ3v) is 2.35. The van der Waals surface area contributed by atoms with Crippen molar-refractivity contribution >= 4 is 0 Å². The summed E-state index contributed by atoms with van der Waals surface area (Å²) in [6.07, 6.45) is 3.05. The van der Waals surface area contributed by atoms with Gasteiger partial charge in [-0.1, -0.05) is 6.42 Å². The molecule has 1 saturated heterocycles. The highest BCUT2D eigenvalue weighted by atomic mass is 16.7. The summed E-state index contributed by atoms with van der Waals surface area (Å²) < 4.78 is 11.0. The normalized spacial score (nSPS) is 23.3. The van der Waals surface area contributed by atoms with Gasteiger partial charge in [0.1, 0.15) is 0 Å². The Morgan fingerprint density at radius 3 is 2.38 bits per heavy atom. The van der Waals surface area contributed by atoms with Crippen molar-refractivity contribution in [3.63, 3.8) is 0 Å². The van der Waals surface area contributed by atoms with Gasteiger partial charge in [0.25, 0.3) is 0 Å². The molecule has 0 aromatic rings. The molecule has 0 aromatic carbocycles. The fourth-order valence-corrected chi connectivity index (χ4v) is 1.44. The van der Waals surface area contributed by atoms with Crippen LogP contribution in [0.25, 0.3) is 0 Å². The van der Waals surface area contributed by atoms with Crippen LogP contribution in [-0.2, 0) is 9.47 Å². The van der Waals surface area contributed by atoms with Gasteiger partial charge >= 0.3 is 0 Å². The Bertz CT molecular complexity index is 135. The topological polar surface area (TPSA) is 38.7 Å². The molecule has 3 nitrogen and oxygen atoms in total. The lowest BCUT2D eigenvalue weighted by molar-refractivity contribution is -0.262. The maximum absolute atomic E-state index is 8.62. The number of unbranched alkanes of at least 4 members (excludes halogenated alkanes) is 1. The van der Waals surface area contributed by atoms with Gasteiger partial charge in [-0.25, -0.2) is 0 Å². The fourth-order valence-electron chi connectivity index (χ4n) is 1.44. The Hall–Kier alpha value is -0.120. The third kappa shape index (κ3) is 4.07. The third-order valence-electron chi connectivity index (χ3n) is 2.35. The Morgan fingerprint density at radius 2 is 1.85 bits per heavy atom. The van der Waals surface area contributed by atoms with E-state index in [1.165, 1.54) is 0 Å². The summed E-state index contributed by atoms with van der Waals surface area (Å²) in [6.45, 7) is 5.75. The van der Waals surface area contributed by atoms with Crippen LogP contribution in [0.4, 0.5) is 0 Å². The van der Waals surface area contributed by atoms with Crippen molar-refractivity contribution in [1.82, 2.24) is 0 Å². The quantitative estimate of drug-likeness (QED) is 0.680. The monoisotopic (exact) mass is 188 g/mol. The van der Waals surface area contributed by atoms with E-state index >= 15 is 0 Å². The maximum atomic E-state index is 8.62. The van der Waals surface area contributed by atoms with Crippen molar-refractivity contribution < 1.29 is 14.6 Å². The number of ether oxygens (including phenoxy) is 2. The molecule has 1 aliphatic heterocycles. The molecule has 78 valence electrons. The summed E-state index contributed by atoms with van der Waals surface area (Å²) in [7, 11) is 0. The smallest absolute Gasteiger partial charge is 0.162 e. The molecule has 0 radical (unpaired) electrons. The number of rotatable bonds is 4. The van der Waals surface area contributed by atoms with Gasteiger partial charge in [-0.3, -0.25) is 0 Å². The number of hydrogen-bond donors (Lipinski definition) is 1. The molecule has 3 heteroatoms. The van der Waals surface area contributed by atoms with E-state index in [0.29, 0.717) is 12.5 Å². The summed E-state index contributed by atoms with van der Waals surface area (Å²) in [4.78, 5) is 0. The van der Waals surface area contributed by atoms with Crippen LogP contribution in [0, 0.1) is 5.92 Å². The van der Waals surface area contributed by atoms with Crippen molar-refractivity contribution in [3.05, 3.63) is 0 Å². The lowest BCUT2D eigenvalue weighted by atomic mass is 10.0. The van der Waals surface area contributed by atoms with Gasteiger partial charge in [0.15, 0.2) is 5.79 Å². The predicted molar refractivity (Wildman–Crippen MR) is 50.4 cm³/mol. The van der Waals surface area contributed by atoms with Crippen LogP contribution in [0.3, 0.4) is 0 Å². The lowest BCUT2D eigenvalue weighted by Gasteiger charge is -2.34. The van der Waals surface area contributed by atoms with E-state index in [-0.39, 0.29) is 0 Å². The SMILES string of the molecule is CC1(C)OCC(CCCCO)CO1. The lowest BCUT2D eigenvalue weighted by Crippen LogP contribution is -2.39. The van der Waals surface area contributed by atoms with Crippen molar-refractivity contribution in [2.45, 2.75) is 38.9 Å². The average Bonchev–Trinajstić information content (AvgIpc) is 2.08. The van der Waals surface area contributed by atoms with E-state index in [4.69, 9.17) is 14.6 Å². The molecule has 0 saturated carbocycles. The van der Waals surface area contributed by atoms with Crippen LogP contribution < -0.4 is 0 Å². The number of hydrogen-bond acceptors (Lipinski definition) is 3. The van der Waals surface area contributed by atoms with Crippen molar-refractivity contribution in [1.29, 1.82) is 0 Å². The highest BCUT2D eigenvalue weighted by Crippen LogP contribution is 2.23. The molecule has 1 fully saturated rings. The first-order chi connectivity index (χ1) is 6.14. The van der Waals surface area contributed by atoms with E-state index < -0.39 is 5.79 Å². The molecular weight excluding hydrogens is 168 g/mol. The molecule has 0 unspecified atom stereocenters. The molecule has 1 heterocycles. The van der Waals surface area contributed by atoms with E-state index in [0.717, 1.165) is 32.5 Å². The van der Waals surface area contributed by atoms with Crippen molar-refractivity contribution in [3.8, 4) is 0 Å². The molecule has 1 aliphatic rings. The second-order valence-electron chi connectivity index (χ2n) is 4.11. The Morgan fingerprint density at radius 1 is 1.23 bits per heavy atom. The summed E-state index contributed by atoms with van der Waals surface area (Å²) in [5.41, 5.74) is 0. The zero-order valence-electron chi connectivity index (χ0n) is 8.58. The molecule has 0 bridgehead atoms. The standard InChI is InChI=1S/C10H20O3/c1-10(2)12-7-9(8-13-10)5-3-4-6-11/h9,11H,3-8H2,1-2H3. The number of aliphatic hydroxyl groups excluding tert-OH is 1. The highest BCUT2D eigenvalue weighted by Gasteiger charge is 2.27. The molecule has 1 rings (SSSR count). The fraction of sp³-hybridized carbons (Fsp3) is 1.00. The van der Waals surface area contributed by atoms with Crippen molar-refractivity contribution in [2.24, 2.45) is 5.92 Å². The van der Waals surface area contributed by atoms with Gasteiger partial charge in [-0.05, 0) is 26.7 Å². The zero-order chi connectivity index (χ0) is 9.73. The molecule has 1 N–H and O–H groups in total. The zero-order valence-corrected chi connectivity index (χ0v) is 8.58. The molecule has 13 heavy (non-hydrogen) atoms. The molecular formula is C10H20O3. The Balaban J connectivity index is 2.11. The molecule has 0 aliphatic carbocycles. The van der Waals surface area contributed by atoms with Gasteiger partial charge in [0.2, 0.25) is 0 Å². The highest BCUT2D eigenvalue weighted by molar-refractivity contribution is 4.67. The summed E-state index contributed by atoms with van der Waals surface area (Å²) in [6, 6.07) is 0. The molecule has 0 spiro atoms. The summed E-state index contributed by atoms with van der Waals surface area (Å²) in [5.74, 6) is 0.118. The number of aliphatic hydroxyl groups is 1. The van der Waals surface area contributed by atoms with E-state index in [2.05, 4.69) is 0 Å². The summed E-state index contributed by atoms with van der Waals surface area (Å²) in [5, 5.41) is 8.62. The van der Waals surface area contributed by atoms with Gasteiger partial charge in [0.05, 0.1) is 13.2 Å². The molecule has 0 atom stereocenters. The largest absolute Gasteiger partial charge is 0.396 e. The van der Waals surface area contributed by atoms with Gasteiger partial charge in [-0.2, -0.15) is 0 Å². The van der Waals surface area contributed by atoms with Crippen LogP contribution in [0.5, 0.6) is 0 Å². The first kappa shape index (κ1) is 11.0. The van der Waals surface area contributed by atoms with Crippen LogP contribution >= 0.6 is 0 Å². The van der Waals surface area contributed by atoms with E-state index in [9.17, 15) is 0 Å². The average molecular weight is 188 g/mol. The van der Waals surface area contributed by atoms with Crippen LogP contribution in [-0.4, -0.2) is 30.7 Å². The first-order valence-electron chi connectivity index (χ1n) is 5.03. The van der Waals surface area contributed by atoms with Crippen molar-refractivity contribution in [2.75, 3.05) is 19.8 Å². The Labute approximate surface area is 80.0 Å². The minimum atomic E-state index is -0.395. The minimum Gasteiger partial charge on any atom is -0.396 e.